The van der Waals surface area contributed by atoms with Crippen LogP contribution in [0.4, 0.5) is 5.88 Å². The van der Waals surface area contributed by atoms with E-state index in [0.717, 1.165) is 22.8 Å². The minimum atomic E-state index is -0.328. The van der Waals surface area contributed by atoms with Crippen molar-refractivity contribution in [2.45, 2.75) is 26.4 Å². The quantitative estimate of drug-likeness (QED) is 0.911. The summed E-state index contributed by atoms with van der Waals surface area (Å²) in [6, 6.07) is 7.14. The van der Waals surface area contributed by atoms with Crippen LogP contribution in [0.5, 0.6) is 11.5 Å². The Morgan fingerprint density at radius 2 is 2.13 bits per heavy atom. The van der Waals surface area contributed by atoms with Crippen LogP contribution in [0.25, 0.3) is 0 Å². The largest absolute Gasteiger partial charge is 0.454 e. The molecular formula is C16H19N3O4. The lowest BCUT2D eigenvalue weighted by atomic mass is 10.1. The molecule has 7 nitrogen and oxygen atoms in total. The number of amides is 1. The standard InChI is InChI=1S/C16H19N3O4/c1-10-6-15(23-18-10)17-16(20)11(2)19(3)8-12-4-5-13-14(7-12)22-9-21-13/h4-7,11H,8-9H2,1-3H3,(H,17,20). The van der Waals surface area contributed by atoms with Gasteiger partial charge < -0.3 is 14.0 Å². The molecule has 1 amide bonds. The molecule has 0 saturated heterocycles. The van der Waals surface area contributed by atoms with E-state index in [9.17, 15) is 4.79 Å². The Kier molecular flexibility index (Phi) is 4.20. The van der Waals surface area contributed by atoms with E-state index >= 15 is 0 Å². The Bertz CT molecular complexity index is 713. The Labute approximate surface area is 134 Å². The Morgan fingerprint density at radius 1 is 1.35 bits per heavy atom. The molecule has 0 radical (unpaired) electrons. The number of aryl methyl sites for hydroxylation is 1. The lowest BCUT2D eigenvalue weighted by Crippen LogP contribution is -2.39. The number of carbonyl (C=O) groups excluding carboxylic acids is 1. The third kappa shape index (κ3) is 3.45. The van der Waals surface area contributed by atoms with Crippen LogP contribution in [0.1, 0.15) is 18.2 Å². The molecule has 0 spiro atoms. The van der Waals surface area contributed by atoms with E-state index in [-0.39, 0.29) is 18.7 Å². The van der Waals surface area contributed by atoms with Gasteiger partial charge in [0.15, 0.2) is 11.5 Å². The molecule has 2 heterocycles. The van der Waals surface area contributed by atoms with E-state index in [4.69, 9.17) is 14.0 Å². The zero-order valence-electron chi connectivity index (χ0n) is 13.3. The first-order valence-corrected chi connectivity index (χ1v) is 7.36. The summed E-state index contributed by atoms with van der Waals surface area (Å²) in [5, 5.41) is 6.46. The minimum Gasteiger partial charge on any atom is -0.454 e. The van der Waals surface area contributed by atoms with Crippen molar-refractivity contribution in [1.29, 1.82) is 0 Å². The fourth-order valence-electron chi connectivity index (χ4n) is 2.31. The average Bonchev–Trinajstić information content (AvgIpc) is 3.14. The second-order valence-electron chi connectivity index (χ2n) is 5.60. The van der Waals surface area contributed by atoms with Crippen molar-refractivity contribution in [2.24, 2.45) is 0 Å². The highest BCUT2D eigenvalue weighted by Gasteiger charge is 2.21. The van der Waals surface area contributed by atoms with Gasteiger partial charge in [0.05, 0.1) is 11.7 Å². The zero-order chi connectivity index (χ0) is 16.4. The van der Waals surface area contributed by atoms with Crippen molar-refractivity contribution in [1.82, 2.24) is 10.1 Å². The van der Waals surface area contributed by atoms with Gasteiger partial charge >= 0.3 is 0 Å². The first-order valence-electron chi connectivity index (χ1n) is 7.36. The fraction of sp³-hybridized carbons (Fsp3) is 0.375. The smallest absolute Gasteiger partial charge is 0.243 e. The number of carbonyl (C=O) groups is 1. The van der Waals surface area contributed by atoms with E-state index in [0.29, 0.717) is 12.4 Å². The van der Waals surface area contributed by atoms with Gasteiger partial charge in [-0.2, -0.15) is 0 Å². The third-order valence-electron chi connectivity index (χ3n) is 3.78. The monoisotopic (exact) mass is 317 g/mol. The van der Waals surface area contributed by atoms with Gasteiger partial charge in [0, 0.05) is 12.6 Å². The summed E-state index contributed by atoms with van der Waals surface area (Å²) in [5.41, 5.74) is 1.77. The maximum Gasteiger partial charge on any atom is 0.243 e. The highest BCUT2D eigenvalue weighted by molar-refractivity contribution is 5.93. The van der Waals surface area contributed by atoms with Crippen molar-refractivity contribution in [3.63, 3.8) is 0 Å². The summed E-state index contributed by atoms with van der Waals surface area (Å²) < 4.78 is 15.7. The maximum absolute atomic E-state index is 12.3. The van der Waals surface area contributed by atoms with Crippen LogP contribution >= 0.6 is 0 Å². The topological polar surface area (TPSA) is 76.8 Å². The number of hydrogen-bond donors (Lipinski definition) is 1. The predicted molar refractivity (Wildman–Crippen MR) is 83.4 cm³/mol. The number of ether oxygens (including phenoxy) is 2. The number of anilines is 1. The van der Waals surface area contributed by atoms with Crippen molar-refractivity contribution in [3.8, 4) is 11.5 Å². The lowest BCUT2D eigenvalue weighted by molar-refractivity contribution is -0.120. The SMILES string of the molecule is Cc1cc(NC(=O)C(C)N(C)Cc2ccc3c(c2)OCO3)on1. The van der Waals surface area contributed by atoms with Crippen LogP contribution in [0.3, 0.4) is 0 Å². The summed E-state index contributed by atoms with van der Waals surface area (Å²) in [6.07, 6.45) is 0. The highest BCUT2D eigenvalue weighted by atomic mass is 16.7. The Hall–Kier alpha value is -2.54. The number of fused-ring (bicyclic) bond motifs is 1. The zero-order valence-corrected chi connectivity index (χ0v) is 13.3. The molecule has 23 heavy (non-hydrogen) atoms. The van der Waals surface area contributed by atoms with Gasteiger partial charge in [0.2, 0.25) is 18.6 Å². The number of hydrogen-bond acceptors (Lipinski definition) is 6. The third-order valence-corrected chi connectivity index (χ3v) is 3.78. The molecule has 122 valence electrons. The molecule has 0 bridgehead atoms. The van der Waals surface area contributed by atoms with Crippen LogP contribution in [-0.2, 0) is 11.3 Å². The molecule has 7 heteroatoms. The van der Waals surface area contributed by atoms with Crippen LogP contribution in [0.15, 0.2) is 28.8 Å². The van der Waals surface area contributed by atoms with Gasteiger partial charge in [-0.1, -0.05) is 11.2 Å². The average molecular weight is 317 g/mol. The van der Waals surface area contributed by atoms with Gasteiger partial charge in [-0.15, -0.1) is 0 Å². The van der Waals surface area contributed by atoms with Gasteiger partial charge in [-0.3, -0.25) is 15.0 Å². The number of nitrogens with zero attached hydrogens (tertiary/aromatic N) is 2. The van der Waals surface area contributed by atoms with Crippen LogP contribution in [-0.4, -0.2) is 35.8 Å². The summed E-state index contributed by atoms with van der Waals surface area (Å²) >= 11 is 0. The van der Waals surface area contributed by atoms with Crippen LogP contribution in [0.2, 0.25) is 0 Å². The van der Waals surface area contributed by atoms with E-state index in [1.165, 1.54) is 0 Å². The first-order chi connectivity index (χ1) is 11.0. The Balaban J connectivity index is 1.60. The van der Waals surface area contributed by atoms with Gasteiger partial charge in [-0.25, -0.2) is 0 Å². The molecule has 2 aromatic rings. The van der Waals surface area contributed by atoms with E-state index < -0.39 is 0 Å². The summed E-state index contributed by atoms with van der Waals surface area (Å²) in [7, 11) is 1.89. The first kappa shape index (κ1) is 15.4. The van der Waals surface area contributed by atoms with Crippen LogP contribution in [0, 0.1) is 6.92 Å². The highest BCUT2D eigenvalue weighted by Crippen LogP contribution is 2.32. The predicted octanol–water partition coefficient (Wildman–Crippen LogP) is 2.17. The van der Waals surface area contributed by atoms with E-state index in [2.05, 4.69) is 10.5 Å². The second kappa shape index (κ2) is 6.29. The fourth-order valence-corrected chi connectivity index (χ4v) is 2.31. The number of rotatable bonds is 5. The van der Waals surface area contributed by atoms with Crippen molar-refractivity contribution >= 4 is 11.8 Å². The summed E-state index contributed by atoms with van der Waals surface area (Å²) in [6.45, 7) is 4.50. The molecule has 0 saturated carbocycles. The van der Waals surface area contributed by atoms with Gasteiger partial charge in [0.25, 0.3) is 0 Å². The maximum atomic E-state index is 12.3. The minimum absolute atomic E-state index is 0.149. The molecule has 1 aromatic heterocycles. The molecule has 3 rings (SSSR count). The molecule has 1 N–H and O–H groups in total. The van der Waals surface area contributed by atoms with Crippen molar-refractivity contribution < 1.29 is 18.8 Å². The lowest BCUT2D eigenvalue weighted by Gasteiger charge is -2.23. The normalized spacial score (nSPS) is 14.1. The van der Waals surface area contributed by atoms with E-state index in [1.54, 1.807) is 13.0 Å². The van der Waals surface area contributed by atoms with Gasteiger partial charge in [-0.05, 0) is 38.6 Å². The molecule has 0 aliphatic carbocycles. The van der Waals surface area contributed by atoms with Crippen molar-refractivity contribution in [3.05, 3.63) is 35.5 Å². The number of nitrogens with one attached hydrogen (secondary N) is 1. The summed E-state index contributed by atoms with van der Waals surface area (Å²) in [4.78, 5) is 14.2. The molecular weight excluding hydrogens is 298 g/mol. The number of aromatic nitrogens is 1. The molecule has 1 aliphatic heterocycles. The number of benzene rings is 1. The molecule has 0 fully saturated rings. The van der Waals surface area contributed by atoms with Gasteiger partial charge in [0.1, 0.15) is 0 Å². The second-order valence-corrected chi connectivity index (χ2v) is 5.60. The molecule has 1 unspecified atom stereocenters. The van der Waals surface area contributed by atoms with Crippen molar-refractivity contribution in [2.75, 3.05) is 19.2 Å². The Morgan fingerprint density at radius 3 is 2.87 bits per heavy atom. The summed E-state index contributed by atoms with van der Waals surface area (Å²) in [5.74, 6) is 1.70. The van der Waals surface area contributed by atoms with Crippen LogP contribution < -0.4 is 14.8 Å². The molecule has 1 aliphatic rings. The molecule has 1 aromatic carbocycles. The van der Waals surface area contributed by atoms with E-state index in [1.807, 2.05) is 37.1 Å². The number of likely N-dealkylation sites (N-methyl/N-ethyl adjacent to an activating group) is 1. The molecule has 1 atom stereocenters.